The fourth-order valence-corrected chi connectivity index (χ4v) is 2.89. The second-order valence-corrected chi connectivity index (χ2v) is 5.60. The van der Waals surface area contributed by atoms with Crippen molar-refractivity contribution in [2.24, 2.45) is 5.73 Å². The molecular formula is C16H23FN2O2. The lowest BCUT2D eigenvalue weighted by Gasteiger charge is -2.25. The van der Waals surface area contributed by atoms with Gasteiger partial charge < -0.3 is 15.4 Å². The molecule has 4 nitrogen and oxygen atoms in total. The average molecular weight is 294 g/mol. The van der Waals surface area contributed by atoms with Gasteiger partial charge in [-0.25, -0.2) is 4.39 Å². The molecule has 1 aromatic rings. The normalized spacial score (nSPS) is 19.8. The van der Waals surface area contributed by atoms with Crippen LogP contribution in [0.15, 0.2) is 24.3 Å². The first kappa shape index (κ1) is 15.9. The van der Waals surface area contributed by atoms with Crippen LogP contribution >= 0.6 is 0 Å². The highest BCUT2D eigenvalue weighted by Gasteiger charge is 2.29. The zero-order chi connectivity index (χ0) is 15.2. The van der Waals surface area contributed by atoms with Gasteiger partial charge in [0, 0.05) is 26.1 Å². The van der Waals surface area contributed by atoms with E-state index in [-0.39, 0.29) is 30.2 Å². The summed E-state index contributed by atoms with van der Waals surface area (Å²) in [7, 11) is 1.64. The van der Waals surface area contributed by atoms with Gasteiger partial charge in [-0.1, -0.05) is 18.2 Å². The molecule has 0 bridgehead atoms. The number of hydrogen-bond acceptors (Lipinski definition) is 3. The molecule has 2 atom stereocenters. The Morgan fingerprint density at radius 1 is 1.52 bits per heavy atom. The molecule has 1 aromatic carbocycles. The maximum absolute atomic E-state index is 13.6. The standard InChI is InChI=1S/C16H23FN2O2/c1-21-11-14-6-4-8-19(14)16(20)10-13(18)9-12-5-2-3-7-15(12)17/h2-3,5,7,13-14H,4,6,8-11,18H2,1H3/t13-,14?/m1/s1. The van der Waals surface area contributed by atoms with Gasteiger partial charge in [-0.15, -0.1) is 0 Å². The summed E-state index contributed by atoms with van der Waals surface area (Å²) >= 11 is 0. The van der Waals surface area contributed by atoms with E-state index in [2.05, 4.69) is 0 Å². The topological polar surface area (TPSA) is 55.6 Å². The number of benzene rings is 1. The zero-order valence-corrected chi connectivity index (χ0v) is 12.4. The quantitative estimate of drug-likeness (QED) is 0.869. The van der Waals surface area contributed by atoms with Crippen molar-refractivity contribution in [1.82, 2.24) is 4.90 Å². The van der Waals surface area contributed by atoms with Gasteiger partial charge >= 0.3 is 0 Å². The van der Waals surface area contributed by atoms with Gasteiger partial charge in [0.1, 0.15) is 5.82 Å². The van der Waals surface area contributed by atoms with E-state index >= 15 is 0 Å². The number of nitrogens with zero attached hydrogens (tertiary/aromatic N) is 1. The summed E-state index contributed by atoms with van der Waals surface area (Å²) in [6, 6.07) is 6.35. The Labute approximate surface area is 125 Å². The fraction of sp³-hybridized carbons (Fsp3) is 0.562. The lowest BCUT2D eigenvalue weighted by molar-refractivity contribution is -0.133. The molecule has 2 N–H and O–H groups in total. The molecule has 5 heteroatoms. The van der Waals surface area contributed by atoms with Crippen molar-refractivity contribution in [1.29, 1.82) is 0 Å². The molecule has 2 rings (SSSR count). The van der Waals surface area contributed by atoms with E-state index in [1.165, 1.54) is 6.07 Å². The van der Waals surface area contributed by atoms with Crippen molar-refractivity contribution in [3.05, 3.63) is 35.6 Å². The van der Waals surface area contributed by atoms with Crippen LogP contribution in [0, 0.1) is 5.82 Å². The Morgan fingerprint density at radius 3 is 3.00 bits per heavy atom. The minimum Gasteiger partial charge on any atom is -0.383 e. The average Bonchev–Trinajstić information content (AvgIpc) is 2.90. The summed E-state index contributed by atoms with van der Waals surface area (Å²) in [6.45, 7) is 1.33. The third-order valence-electron chi connectivity index (χ3n) is 3.93. The third kappa shape index (κ3) is 4.25. The molecule has 0 saturated carbocycles. The van der Waals surface area contributed by atoms with E-state index in [9.17, 15) is 9.18 Å². The zero-order valence-electron chi connectivity index (χ0n) is 12.4. The second-order valence-electron chi connectivity index (χ2n) is 5.60. The van der Waals surface area contributed by atoms with Gasteiger partial charge in [-0.05, 0) is 30.9 Å². The first-order valence-corrected chi connectivity index (χ1v) is 7.39. The molecule has 21 heavy (non-hydrogen) atoms. The monoisotopic (exact) mass is 294 g/mol. The van der Waals surface area contributed by atoms with Crippen LogP contribution < -0.4 is 5.73 Å². The van der Waals surface area contributed by atoms with E-state index in [0.29, 0.717) is 18.6 Å². The number of carbonyl (C=O) groups is 1. The van der Waals surface area contributed by atoms with Crippen LogP contribution in [0.1, 0.15) is 24.8 Å². The molecule has 1 aliphatic heterocycles. The Balaban J connectivity index is 1.88. The van der Waals surface area contributed by atoms with E-state index in [0.717, 1.165) is 19.4 Å². The van der Waals surface area contributed by atoms with Crippen LogP contribution in [0.5, 0.6) is 0 Å². The molecule has 1 aliphatic rings. The predicted molar refractivity (Wildman–Crippen MR) is 79.3 cm³/mol. The smallest absolute Gasteiger partial charge is 0.224 e. The van der Waals surface area contributed by atoms with Crippen molar-refractivity contribution >= 4 is 5.91 Å². The lowest BCUT2D eigenvalue weighted by atomic mass is 10.0. The Kier molecular flexibility index (Phi) is 5.70. The number of amides is 1. The SMILES string of the molecule is COCC1CCCN1C(=O)C[C@H](N)Cc1ccccc1F. The molecule has 1 saturated heterocycles. The second kappa shape index (κ2) is 7.52. The largest absolute Gasteiger partial charge is 0.383 e. The van der Waals surface area contributed by atoms with E-state index in [1.807, 2.05) is 4.90 Å². The van der Waals surface area contributed by atoms with Gasteiger partial charge in [0.15, 0.2) is 0 Å². The Bertz CT molecular complexity index is 481. The van der Waals surface area contributed by atoms with Crippen LogP contribution in [0.4, 0.5) is 4.39 Å². The highest BCUT2D eigenvalue weighted by atomic mass is 19.1. The number of halogens is 1. The molecule has 1 fully saturated rings. The molecular weight excluding hydrogens is 271 g/mol. The molecule has 116 valence electrons. The molecule has 1 amide bonds. The number of likely N-dealkylation sites (tertiary alicyclic amines) is 1. The first-order valence-electron chi connectivity index (χ1n) is 7.39. The molecule has 0 radical (unpaired) electrons. The number of methoxy groups -OCH3 is 1. The van der Waals surface area contributed by atoms with Gasteiger partial charge in [0.05, 0.1) is 12.6 Å². The minimum absolute atomic E-state index is 0.0402. The van der Waals surface area contributed by atoms with Crippen LogP contribution in [-0.4, -0.2) is 43.2 Å². The van der Waals surface area contributed by atoms with Crippen LogP contribution in [0.2, 0.25) is 0 Å². The van der Waals surface area contributed by atoms with Gasteiger partial charge in [-0.2, -0.15) is 0 Å². The summed E-state index contributed by atoms with van der Waals surface area (Å²) in [6.07, 6.45) is 2.60. The number of rotatable bonds is 6. The van der Waals surface area contributed by atoms with Gasteiger partial charge in [-0.3, -0.25) is 4.79 Å². The van der Waals surface area contributed by atoms with Gasteiger partial charge in [0.2, 0.25) is 5.91 Å². The van der Waals surface area contributed by atoms with Crippen molar-refractivity contribution in [2.45, 2.75) is 37.8 Å². The van der Waals surface area contributed by atoms with E-state index in [4.69, 9.17) is 10.5 Å². The summed E-state index contributed by atoms with van der Waals surface area (Å²) in [5.41, 5.74) is 6.58. The maximum Gasteiger partial charge on any atom is 0.224 e. The van der Waals surface area contributed by atoms with E-state index in [1.54, 1.807) is 25.3 Å². The van der Waals surface area contributed by atoms with Crippen LogP contribution in [0.3, 0.4) is 0 Å². The summed E-state index contributed by atoms with van der Waals surface area (Å²) in [5.74, 6) is -0.225. The van der Waals surface area contributed by atoms with Gasteiger partial charge in [0.25, 0.3) is 0 Å². The van der Waals surface area contributed by atoms with Crippen molar-refractivity contribution in [3.8, 4) is 0 Å². The summed E-state index contributed by atoms with van der Waals surface area (Å²) in [4.78, 5) is 14.2. The summed E-state index contributed by atoms with van der Waals surface area (Å²) < 4.78 is 18.7. The van der Waals surface area contributed by atoms with Crippen molar-refractivity contribution < 1.29 is 13.9 Å². The molecule has 0 aliphatic carbocycles. The first-order chi connectivity index (χ1) is 10.1. The minimum atomic E-state index is -0.363. The number of ether oxygens (including phenoxy) is 1. The van der Waals surface area contributed by atoms with Crippen molar-refractivity contribution in [3.63, 3.8) is 0 Å². The molecule has 0 spiro atoms. The van der Waals surface area contributed by atoms with Crippen LogP contribution in [-0.2, 0) is 16.0 Å². The van der Waals surface area contributed by atoms with E-state index < -0.39 is 0 Å². The Morgan fingerprint density at radius 2 is 2.29 bits per heavy atom. The predicted octanol–water partition coefficient (Wildman–Crippen LogP) is 1.72. The fourth-order valence-electron chi connectivity index (χ4n) is 2.89. The highest BCUT2D eigenvalue weighted by Crippen LogP contribution is 2.19. The lowest BCUT2D eigenvalue weighted by Crippen LogP contribution is -2.41. The third-order valence-corrected chi connectivity index (χ3v) is 3.93. The molecule has 1 heterocycles. The molecule has 1 unspecified atom stereocenters. The summed E-state index contributed by atoms with van der Waals surface area (Å²) in [5, 5.41) is 0. The highest BCUT2D eigenvalue weighted by molar-refractivity contribution is 5.77. The van der Waals surface area contributed by atoms with Crippen LogP contribution in [0.25, 0.3) is 0 Å². The number of nitrogens with two attached hydrogens (primary N) is 1. The maximum atomic E-state index is 13.6. The number of hydrogen-bond donors (Lipinski definition) is 1. The number of carbonyl (C=O) groups excluding carboxylic acids is 1. The molecule has 0 aromatic heterocycles. The Hall–Kier alpha value is -1.46. The van der Waals surface area contributed by atoms with Crippen molar-refractivity contribution in [2.75, 3.05) is 20.3 Å².